The minimum Gasteiger partial charge on any atom is -0.379 e. The van der Waals surface area contributed by atoms with Crippen molar-refractivity contribution < 1.29 is 17.9 Å². The Morgan fingerprint density at radius 2 is 1.84 bits per heavy atom. The number of carbonyl (C=O) groups excluding carboxylic acids is 1. The van der Waals surface area contributed by atoms with Crippen LogP contribution in [0.3, 0.4) is 0 Å². The molecule has 1 amide bonds. The fourth-order valence-electron chi connectivity index (χ4n) is 4.15. The van der Waals surface area contributed by atoms with Crippen molar-refractivity contribution in [2.45, 2.75) is 37.7 Å². The molecule has 4 atom stereocenters. The van der Waals surface area contributed by atoms with E-state index in [-0.39, 0.29) is 29.7 Å². The predicted molar refractivity (Wildman–Crippen MR) is 95.3 cm³/mol. The van der Waals surface area contributed by atoms with E-state index in [9.17, 15) is 13.2 Å². The van der Waals surface area contributed by atoms with Crippen molar-refractivity contribution in [3.8, 4) is 0 Å². The Labute approximate surface area is 149 Å². The molecule has 1 saturated heterocycles. The molecule has 1 aromatic rings. The third-order valence-corrected chi connectivity index (χ3v) is 7.14. The molecule has 1 aromatic carbocycles. The highest BCUT2D eigenvalue weighted by atomic mass is 32.2. The van der Waals surface area contributed by atoms with Gasteiger partial charge in [-0.2, -0.15) is 0 Å². The van der Waals surface area contributed by atoms with Crippen molar-refractivity contribution in [1.82, 2.24) is 9.62 Å². The van der Waals surface area contributed by atoms with Gasteiger partial charge < -0.3 is 10.1 Å². The van der Waals surface area contributed by atoms with E-state index in [0.29, 0.717) is 19.0 Å². The number of rotatable bonds is 5. The number of hydrogen-bond acceptors (Lipinski definition) is 4. The van der Waals surface area contributed by atoms with Crippen LogP contribution in [0.1, 0.15) is 25.3 Å². The highest BCUT2D eigenvalue weighted by Gasteiger charge is 2.45. The zero-order valence-corrected chi connectivity index (χ0v) is 15.5. The van der Waals surface area contributed by atoms with E-state index >= 15 is 0 Å². The molecule has 25 heavy (non-hydrogen) atoms. The van der Waals surface area contributed by atoms with Crippen molar-refractivity contribution in [1.29, 1.82) is 0 Å². The molecule has 1 saturated carbocycles. The van der Waals surface area contributed by atoms with Gasteiger partial charge in [-0.15, -0.1) is 0 Å². The molecular formula is C18H26N2O4S. The molecule has 0 radical (unpaired) electrons. The van der Waals surface area contributed by atoms with Crippen molar-refractivity contribution in [2.75, 3.05) is 20.2 Å². The molecule has 0 spiro atoms. The smallest absolute Gasteiger partial charge is 0.218 e. The summed E-state index contributed by atoms with van der Waals surface area (Å²) in [5, 5.41) is 2.96. The minimum absolute atomic E-state index is 0.0378. The lowest BCUT2D eigenvalue weighted by Gasteiger charge is -2.37. The van der Waals surface area contributed by atoms with Crippen LogP contribution in [0.25, 0.3) is 0 Å². The summed E-state index contributed by atoms with van der Waals surface area (Å²) in [7, 11) is -1.68. The van der Waals surface area contributed by atoms with Gasteiger partial charge in [0.1, 0.15) is 0 Å². The van der Waals surface area contributed by atoms with Gasteiger partial charge in [-0.25, -0.2) is 12.7 Å². The van der Waals surface area contributed by atoms with Crippen LogP contribution in [-0.2, 0) is 25.3 Å². The molecule has 1 N–H and O–H groups in total. The summed E-state index contributed by atoms with van der Waals surface area (Å²) in [5.41, 5.74) is 0.809. The number of methoxy groups -OCH3 is 1. The largest absolute Gasteiger partial charge is 0.379 e. The van der Waals surface area contributed by atoms with Gasteiger partial charge in [-0.05, 0) is 30.2 Å². The summed E-state index contributed by atoms with van der Waals surface area (Å²) in [4.78, 5) is 11.4. The van der Waals surface area contributed by atoms with Gasteiger partial charge >= 0.3 is 0 Å². The van der Waals surface area contributed by atoms with E-state index in [2.05, 4.69) is 5.32 Å². The van der Waals surface area contributed by atoms with Crippen molar-refractivity contribution in [2.24, 2.45) is 11.8 Å². The summed E-state index contributed by atoms with van der Waals surface area (Å²) in [6.45, 7) is 2.59. The summed E-state index contributed by atoms with van der Waals surface area (Å²) in [5.74, 6) is 0.530. The topological polar surface area (TPSA) is 75.7 Å². The SMILES string of the molecule is CO[C@@H]1C[C@H]2CN(S(=O)(=O)Cc3ccccc3)C[C@H]2C[C@H]1NC(C)=O. The lowest BCUT2D eigenvalue weighted by atomic mass is 9.77. The van der Waals surface area contributed by atoms with Gasteiger partial charge in [0, 0.05) is 27.1 Å². The average molecular weight is 366 g/mol. The molecule has 1 heterocycles. The third-order valence-electron chi connectivity index (χ3n) is 5.36. The highest BCUT2D eigenvalue weighted by Crippen LogP contribution is 2.38. The Balaban J connectivity index is 1.69. The highest BCUT2D eigenvalue weighted by molar-refractivity contribution is 7.88. The van der Waals surface area contributed by atoms with Crippen LogP contribution in [0.4, 0.5) is 0 Å². The second-order valence-corrected chi connectivity index (χ2v) is 9.10. The Hall–Kier alpha value is -1.44. The van der Waals surface area contributed by atoms with Crippen LogP contribution in [0.2, 0.25) is 0 Å². The number of hydrogen-bond donors (Lipinski definition) is 1. The number of nitrogens with one attached hydrogen (secondary N) is 1. The molecule has 0 bridgehead atoms. The normalized spacial score (nSPS) is 30.0. The van der Waals surface area contributed by atoms with Crippen molar-refractivity contribution >= 4 is 15.9 Å². The van der Waals surface area contributed by atoms with Gasteiger partial charge in [0.25, 0.3) is 0 Å². The van der Waals surface area contributed by atoms with Crippen LogP contribution in [0.15, 0.2) is 30.3 Å². The fourth-order valence-corrected chi connectivity index (χ4v) is 5.78. The number of nitrogens with zero attached hydrogens (tertiary/aromatic N) is 1. The molecule has 138 valence electrons. The van der Waals surface area contributed by atoms with E-state index < -0.39 is 10.0 Å². The first-order valence-corrected chi connectivity index (χ1v) is 10.3. The van der Waals surface area contributed by atoms with Crippen LogP contribution in [-0.4, -0.2) is 51.0 Å². The number of benzene rings is 1. The number of ether oxygens (including phenoxy) is 1. The van der Waals surface area contributed by atoms with Crippen LogP contribution < -0.4 is 5.32 Å². The Kier molecular flexibility index (Phi) is 5.46. The van der Waals surface area contributed by atoms with Crippen LogP contribution >= 0.6 is 0 Å². The summed E-state index contributed by atoms with van der Waals surface area (Å²) in [6.07, 6.45) is 1.49. The van der Waals surface area contributed by atoms with Crippen LogP contribution in [0, 0.1) is 11.8 Å². The van der Waals surface area contributed by atoms with E-state index in [1.54, 1.807) is 11.4 Å². The first-order valence-electron chi connectivity index (χ1n) is 8.70. The maximum Gasteiger partial charge on any atom is 0.218 e. The number of amides is 1. The molecule has 3 rings (SSSR count). The zero-order valence-electron chi connectivity index (χ0n) is 14.7. The number of fused-ring (bicyclic) bond motifs is 1. The second kappa shape index (κ2) is 7.43. The van der Waals surface area contributed by atoms with E-state index in [4.69, 9.17) is 4.74 Å². The maximum atomic E-state index is 12.8. The maximum absolute atomic E-state index is 12.8. The second-order valence-electron chi connectivity index (χ2n) is 7.13. The minimum atomic E-state index is -3.33. The standard InChI is InChI=1S/C18H26N2O4S/c1-13(21)19-17-8-15-10-20(11-16(15)9-18(17)24-2)25(22,23)12-14-6-4-3-5-7-14/h3-7,15-18H,8-12H2,1-2H3,(H,19,21)/t15-,16+,17-,18-/m1/s1. The molecule has 2 aliphatic rings. The number of sulfonamides is 1. The van der Waals surface area contributed by atoms with Crippen molar-refractivity contribution in [3.05, 3.63) is 35.9 Å². The summed E-state index contributed by atoms with van der Waals surface area (Å²) < 4.78 is 32.7. The molecule has 0 aromatic heterocycles. The first-order chi connectivity index (χ1) is 11.9. The Morgan fingerprint density at radius 3 is 2.44 bits per heavy atom. The van der Waals surface area contributed by atoms with Gasteiger partial charge in [-0.1, -0.05) is 30.3 Å². The van der Waals surface area contributed by atoms with Crippen LogP contribution in [0.5, 0.6) is 0 Å². The Bertz CT molecular complexity index is 707. The molecular weight excluding hydrogens is 340 g/mol. The molecule has 2 fully saturated rings. The molecule has 7 heteroatoms. The average Bonchev–Trinajstić information content (AvgIpc) is 2.98. The first kappa shape index (κ1) is 18.4. The predicted octanol–water partition coefficient (Wildman–Crippen LogP) is 1.38. The van der Waals surface area contributed by atoms with Gasteiger partial charge in [-0.3, -0.25) is 4.79 Å². The van der Waals surface area contributed by atoms with E-state index in [0.717, 1.165) is 18.4 Å². The number of carbonyl (C=O) groups is 1. The lowest BCUT2D eigenvalue weighted by molar-refractivity contribution is -0.121. The Morgan fingerprint density at radius 1 is 1.20 bits per heavy atom. The van der Waals surface area contributed by atoms with E-state index in [1.165, 1.54) is 6.92 Å². The quantitative estimate of drug-likeness (QED) is 0.854. The molecule has 1 aliphatic heterocycles. The van der Waals surface area contributed by atoms with Crippen molar-refractivity contribution in [3.63, 3.8) is 0 Å². The zero-order chi connectivity index (χ0) is 18.0. The lowest BCUT2D eigenvalue weighted by Crippen LogP contribution is -2.49. The third kappa shape index (κ3) is 4.22. The van der Waals surface area contributed by atoms with Gasteiger partial charge in [0.2, 0.25) is 15.9 Å². The molecule has 0 unspecified atom stereocenters. The fraction of sp³-hybridized carbons (Fsp3) is 0.611. The van der Waals surface area contributed by atoms with E-state index in [1.807, 2.05) is 30.3 Å². The summed E-state index contributed by atoms with van der Waals surface area (Å²) >= 11 is 0. The van der Waals surface area contributed by atoms with Gasteiger partial charge in [0.05, 0.1) is 17.9 Å². The van der Waals surface area contributed by atoms with Gasteiger partial charge in [0.15, 0.2) is 0 Å². The monoisotopic (exact) mass is 366 g/mol. The summed E-state index contributed by atoms with van der Waals surface area (Å²) in [6, 6.07) is 9.24. The molecule has 1 aliphatic carbocycles. The molecule has 6 nitrogen and oxygen atoms in total.